The Hall–Kier alpha value is -2.20. The molecule has 1 aliphatic rings. The van der Waals surface area contributed by atoms with Crippen LogP contribution in [-0.2, 0) is 24.5 Å². The average Bonchev–Trinajstić information content (AvgIpc) is 2.66. The van der Waals surface area contributed by atoms with Gasteiger partial charge >= 0.3 is 16.2 Å². The zero-order valence-corrected chi connectivity index (χ0v) is 16.4. The van der Waals surface area contributed by atoms with Crippen LogP contribution >= 0.6 is 0 Å². The number of esters is 1. The Morgan fingerprint density at radius 3 is 2.22 bits per heavy atom. The highest BCUT2D eigenvalue weighted by Gasteiger charge is 2.32. The summed E-state index contributed by atoms with van der Waals surface area (Å²) in [6.45, 7) is 0.283. The van der Waals surface area contributed by atoms with E-state index in [4.69, 9.17) is 4.74 Å². The van der Waals surface area contributed by atoms with Gasteiger partial charge in [0.15, 0.2) is 0 Å². The lowest BCUT2D eigenvalue weighted by molar-refractivity contribution is -0.148. The van der Waals surface area contributed by atoms with Crippen LogP contribution in [0.25, 0.3) is 0 Å². The van der Waals surface area contributed by atoms with Gasteiger partial charge < -0.3 is 9.64 Å². The fourth-order valence-corrected chi connectivity index (χ4v) is 3.92. The van der Waals surface area contributed by atoms with Crippen molar-refractivity contribution in [2.24, 2.45) is 5.92 Å². The lowest BCUT2D eigenvalue weighted by Gasteiger charge is -2.33. The monoisotopic (exact) mass is 401 g/mol. The van der Waals surface area contributed by atoms with Gasteiger partial charge in [-0.2, -0.15) is 12.7 Å². The van der Waals surface area contributed by atoms with Crippen molar-refractivity contribution in [2.45, 2.75) is 12.8 Å². The SMILES string of the molecule is COC(=O)C1CCN(C(=O)CN(c2ccc(F)cc2)S(=O)(=O)N(C)C)CC1. The molecule has 0 aliphatic carbocycles. The maximum atomic E-state index is 13.2. The first-order chi connectivity index (χ1) is 12.7. The predicted octanol–water partition coefficient (Wildman–Crippen LogP) is 0.850. The highest BCUT2D eigenvalue weighted by Crippen LogP contribution is 2.22. The molecule has 27 heavy (non-hydrogen) atoms. The second-order valence-electron chi connectivity index (χ2n) is 6.45. The zero-order chi connectivity index (χ0) is 20.2. The number of halogens is 1. The normalized spacial score (nSPS) is 15.7. The minimum atomic E-state index is -3.94. The van der Waals surface area contributed by atoms with Gasteiger partial charge in [0, 0.05) is 27.2 Å². The first-order valence-electron chi connectivity index (χ1n) is 8.48. The van der Waals surface area contributed by atoms with Gasteiger partial charge in [0.2, 0.25) is 5.91 Å². The van der Waals surface area contributed by atoms with Crippen LogP contribution in [0.15, 0.2) is 24.3 Å². The molecule has 0 unspecified atom stereocenters. The third-order valence-electron chi connectivity index (χ3n) is 4.52. The average molecular weight is 401 g/mol. The number of likely N-dealkylation sites (tertiary alicyclic amines) is 1. The summed E-state index contributed by atoms with van der Waals surface area (Å²) in [5, 5.41) is 0. The molecule has 1 saturated heterocycles. The summed E-state index contributed by atoms with van der Waals surface area (Å²) in [7, 11) is 0.100. The van der Waals surface area contributed by atoms with Crippen LogP contribution in [-0.4, -0.2) is 70.3 Å². The number of carbonyl (C=O) groups is 2. The summed E-state index contributed by atoms with van der Waals surface area (Å²) in [6.07, 6.45) is 0.935. The smallest absolute Gasteiger partial charge is 0.308 e. The lowest BCUT2D eigenvalue weighted by Crippen LogP contribution is -2.49. The van der Waals surface area contributed by atoms with Crippen molar-refractivity contribution in [3.63, 3.8) is 0 Å². The van der Waals surface area contributed by atoms with E-state index in [0.29, 0.717) is 25.9 Å². The highest BCUT2D eigenvalue weighted by molar-refractivity contribution is 7.90. The lowest BCUT2D eigenvalue weighted by atomic mass is 9.97. The van der Waals surface area contributed by atoms with Crippen molar-refractivity contribution in [3.8, 4) is 0 Å². The van der Waals surface area contributed by atoms with E-state index in [-0.39, 0.29) is 23.5 Å². The summed E-state index contributed by atoms with van der Waals surface area (Å²) >= 11 is 0. The van der Waals surface area contributed by atoms with Crippen molar-refractivity contribution >= 4 is 27.8 Å². The fraction of sp³-hybridized carbons (Fsp3) is 0.529. The maximum Gasteiger partial charge on any atom is 0.308 e. The number of anilines is 1. The first-order valence-corrected chi connectivity index (χ1v) is 9.88. The Morgan fingerprint density at radius 1 is 1.19 bits per heavy atom. The van der Waals surface area contributed by atoms with E-state index in [1.165, 1.54) is 38.2 Å². The molecule has 0 aromatic heterocycles. The minimum absolute atomic E-state index is 0.197. The number of methoxy groups -OCH3 is 1. The topological polar surface area (TPSA) is 87.2 Å². The Morgan fingerprint density at radius 2 is 1.74 bits per heavy atom. The van der Waals surface area contributed by atoms with Gasteiger partial charge in [0.25, 0.3) is 0 Å². The van der Waals surface area contributed by atoms with Crippen LogP contribution in [0.2, 0.25) is 0 Å². The van der Waals surface area contributed by atoms with Crippen LogP contribution in [0.3, 0.4) is 0 Å². The number of carbonyl (C=O) groups excluding carboxylic acids is 2. The molecular formula is C17H24FN3O5S. The van der Waals surface area contributed by atoms with Gasteiger partial charge in [-0.15, -0.1) is 0 Å². The molecule has 0 atom stereocenters. The third kappa shape index (κ3) is 4.95. The van der Waals surface area contributed by atoms with E-state index in [2.05, 4.69) is 0 Å². The number of hydrogen-bond acceptors (Lipinski definition) is 5. The van der Waals surface area contributed by atoms with Crippen LogP contribution in [0.5, 0.6) is 0 Å². The maximum absolute atomic E-state index is 13.2. The molecule has 8 nitrogen and oxygen atoms in total. The number of piperidine rings is 1. The second kappa shape index (κ2) is 8.66. The Labute approximate surface area is 158 Å². The van der Waals surface area contributed by atoms with Gasteiger partial charge in [-0.25, -0.2) is 8.70 Å². The van der Waals surface area contributed by atoms with E-state index < -0.39 is 22.6 Å². The summed E-state index contributed by atoms with van der Waals surface area (Å²) in [5.74, 6) is -1.44. The molecule has 0 spiro atoms. The Bertz CT molecular complexity index is 774. The number of ether oxygens (including phenoxy) is 1. The molecular weight excluding hydrogens is 377 g/mol. The molecule has 1 aromatic carbocycles. The van der Waals surface area contributed by atoms with Crippen LogP contribution in [0.1, 0.15) is 12.8 Å². The first kappa shape index (κ1) is 21.1. The molecule has 0 saturated carbocycles. The van der Waals surface area contributed by atoms with Crippen molar-refractivity contribution in [3.05, 3.63) is 30.1 Å². The van der Waals surface area contributed by atoms with Gasteiger partial charge in [-0.05, 0) is 37.1 Å². The highest BCUT2D eigenvalue weighted by atomic mass is 32.2. The Kier molecular flexibility index (Phi) is 6.77. The fourth-order valence-electron chi connectivity index (χ4n) is 2.86. The Balaban J connectivity index is 2.15. The van der Waals surface area contributed by atoms with Crippen LogP contribution in [0.4, 0.5) is 10.1 Å². The van der Waals surface area contributed by atoms with E-state index in [1.54, 1.807) is 0 Å². The summed E-state index contributed by atoms with van der Waals surface area (Å²) in [4.78, 5) is 25.8. The zero-order valence-electron chi connectivity index (χ0n) is 15.6. The molecule has 0 radical (unpaired) electrons. The molecule has 0 bridgehead atoms. The standard InChI is InChI=1S/C17H24FN3O5S/c1-19(2)27(24,25)21(15-6-4-14(18)5-7-15)12-16(22)20-10-8-13(9-11-20)17(23)26-3/h4-7,13H,8-12H2,1-3H3. The molecule has 1 amide bonds. The molecule has 2 rings (SSSR count). The van der Waals surface area contributed by atoms with Gasteiger partial charge in [0.1, 0.15) is 12.4 Å². The van der Waals surface area contributed by atoms with Crippen molar-refractivity contribution in [1.29, 1.82) is 0 Å². The van der Waals surface area contributed by atoms with Gasteiger partial charge in [-0.3, -0.25) is 9.59 Å². The molecule has 150 valence electrons. The molecule has 0 N–H and O–H groups in total. The summed E-state index contributed by atoms with van der Waals surface area (Å²) in [6, 6.07) is 4.90. The number of rotatable bonds is 6. The van der Waals surface area contributed by atoms with Gasteiger partial charge in [-0.1, -0.05) is 0 Å². The summed E-state index contributed by atoms with van der Waals surface area (Å²) < 4.78 is 45.1. The molecule has 1 aliphatic heterocycles. The van der Waals surface area contributed by atoms with Crippen LogP contribution in [0, 0.1) is 11.7 Å². The quantitative estimate of drug-likeness (QED) is 0.660. The van der Waals surface area contributed by atoms with Crippen molar-refractivity contribution in [2.75, 3.05) is 45.1 Å². The molecule has 10 heteroatoms. The predicted molar refractivity (Wildman–Crippen MR) is 97.7 cm³/mol. The molecule has 1 heterocycles. The third-order valence-corrected chi connectivity index (χ3v) is 6.34. The number of nitrogens with zero attached hydrogens (tertiary/aromatic N) is 3. The van der Waals surface area contributed by atoms with Crippen molar-refractivity contribution < 1.29 is 27.1 Å². The van der Waals surface area contributed by atoms with Crippen molar-refractivity contribution in [1.82, 2.24) is 9.21 Å². The summed E-state index contributed by atoms with van der Waals surface area (Å²) in [5.41, 5.74) is 0.197. The van der Waals surface area contributed by atoms with E-state index in [1.807, 2.05) is 0 Å². The van der Waals surface area contributed by atoms with Gasteiger partial charge in [0.05, 0.1) is 18.7 Å². The largest absolute Gasteiger partial charge is 0.469 e. The number of amides is 1. The second-order valence-corrected chi connectivity index (χ2v) is 8.52. The number of benzene rings is 1. The molecule has 1 aromatic rings. The number of hydrogen-bond donors (Lipinski definition) is 0. The van der Waals surface area contributed by atoms with E-state index in [0.717, 1.165) is 20.7 Å². The van der Waals surface area contributed by atoms with E-state index in [9.17, 15) is 22.4 Å². The minimum Gasteiger partial charge on any atom is -0.469 e. The van der Waals surface area contributed by atoms with E-state index >= 15 is 0 Å². The molecule has 1 fully saturated rings. The van der Waals surface area contributed by atoms with Crippen LogP contribution < -0.4 is 4.31 Å².